The molecule has 1 aromatic carbocycles. The predicted octanol–water partition coefficient (Wildman–Crippen LogP) is 3.42. The summed E-state index contributed by atoms with van der Waals surface area (Å²) in [6, 6.07) is 10.1. The largest absolute Gasteiger partial charge is 0.447 e. The second-order valence-corrected chi connectivity index (χ2v) is 8.11. The minimum absolute atomic E-state index is 0.106. The van der Waals surface area contributed by atoms with E-state index in [1.807, 2.05) is 0 Å². The van der Waals surface area contributed by atoms with Crippen LogP contribution in [0.3, 0.4) is 0 Å². The number of thiophene rings is 1. The number of ether oxygens (including phenoxy) is 2. The molecule has 150 valence electrons. The number of benzene rings is 1. The summed E-state index contributed by atoms with van der Waals surface area (Å²) in [4.78, 5) is 38.1. The van der Waals surface area contributed by atoms with E-state index in [0.717, 1.165) is 3.79 Å². The van der Waals surface area contributed by atoms with Gasteiger partial charge >= 0.3 is 6.09 Å². The van der Waals surface area contributed by atoms with Crippen LogP contribution in [0.25, 0.3) is 0 Å². The number of halogens is 1. The molecule has 28 heavy (non-hydrogen) atoms. The van der Waals surface area contributed by atoms with E-state index in [1.54, 1.807) is 43.4 Å². The third-order valence-corrected chi connectivity index (χ3v) is 5.04. The van der Waals surface area contributed by atoms with Crippen molar-refractivity contribution in [3.63, 3.8) is 0 Å². The van der Waals surface area contributed by atoms with Gasteiger partial charge in [0, 0.05) is 25.5 Å². The van der Waals surface area contributed by atoms with E-state index < -0.39 is 6.09 Å². The first-order valence-corrected chi connectivity index (χ1v) is 9.83. The number of nitrogens with one attached hydrogen (secondary N) is 2. The summed E-state index contributed by atoms with van der Waals surface area (Å²) < 4.78 is 10.6. The standard InChI is InChI=1S/C18H20BrN3O5S/c1-22(17(24)14-6-7-15(19)28-14)11-16(23)20-12-4-3-5-13(10-12)21-18(25)27-9-8-26-2/h3-7,10H,8-9,11H2,1-2H3,(H,20,23)(H,21,25). The molecule has 0 saturated heterocycles. The third kappa shape index (κ3) is 6.95. The Morgan fingerprint density at radius 3 is 2.46 bits per heavy atom. The Labute approximate surface area is 174 Å². The number of carbonyl (C=O) groups is 3. The van der Waals surface area contributed by atoms with Crippen LogP contribution < -0.4 is 10.6 Å². The summed E-state index contributed by atoms with van der Waals surface area (Å²) in [6.07, 6.45) is -0.618. The molecular weight excluding hydrogens is 450 g/mol. The number of anilines is 2. The van der Waals surface area contributed by atoms with E-state index in [9.17, 15) is 14.4 Å². The lowest BCUT2D eigenvalue weighted by molar-refractivity contribution is -0.116. The molecule has 1 heterocycles. The van der Waals surface area contributed by atoms with Crippen molar-refractivity contribution in [3.05, 3.63) is 45.1 Å². The van der Waals surface area contributed by atoms with Crippen molar-refractivity contribution >= 4 is 56.5 Å². The summed E-state index contributed by atoms with van der Waals surface area (Å²) in [5.74, 6) is -0.591. The fraction of sp³-hybridized carbons (Fsp3) is 0.278. The molecular formula is C18H20BrN3O5S. The van der Waals surface area contributed by atoms with Crippen molar-refractivity contribution < 1.29 is 23.9 Å². The van der Waals surface area contributed by atoms with E-state index in [2.05, 4.69) is 26.6 Å². The fourth-order valence-corrected chi connectivity index (χ4v) is 3.53. The number of hydrogen-bond donors (Lipinski definition) is 2. The highest BCUT2D eigenvalue weighted by Crippen LogP contribution is 2.23. The molecule has 0 unspecified atom stereocenters. The maximum atomic E-state index is 12.3. The molecule has 8 nitrogen and oxygen atoms in total. The topological polar surface area (TPSA) is 97.0 Å². The zero-order valence-corrected chi connectivity index (χ0v) is 17.8. The lowest BCUT2D eigenvalue weighted by atomic mass is 10.2. The molecule has 2 aromatic rings. The molecule has 0 atom stereocenters. The van der Waals surface area contributed by atoms with Gasteiger partial charge in [0.25, 0.3) is 5.91 Å². The SMILES string of the molecule is COCCOC(=O)Nc1cccc(NC(=O)CN(C)C(=O)c2ccc(Br)s2)c1. The fourth-order valence-electron chi connectivity index (χ4n) is 2.15. The zero-order chi connectivity index (χ0) is 20.5. The number of amides is 3. The second-order valence-electron chi connectivity index (χ2n) is 5.65. The monoisotopic (exact) mass is 469 g/mol. The minimum atomic E-state index is -0.618. The van der Waals surface area contributed by atoms with Gasteiger partial charge in [0.1, 0.15) is 6.61 Å². The lowest BCUT2D eigenvalue weighted by Gasteiger charge is -2.16. The van der Waals surface area contributed by atoms with Gasteiger partial charge in [-0.1, -0.05) is 6.07 Å². The van der Waals surface area contributed by atoms with Crippen LogP contribution in [0.2, 0.25) is 0 Å². The average molecular weight is 470 g/mol. The van der Waals surface area contributed by atoms with Gasteiger partial charge in [-0.3, -0.25) is 14.9 Å². The zero-order valence-electron chi connectivity index (χ0n) is 15.4. The smallest absolute Gasteiger partial charge is 0.411 e. The molecule has 3 amide bonds. The van der Waals surface area contributed by atoms with Crippen LogP contribution >= 0.6 is 27.3 Å². The van der Waals surface area contributed by atoms with Gasteiger partial charge in [0.15, 0.2) is 0 Å². The average Bonchev–Trinajstić information content (AvgIpc) is 3.07. The Kier molecular flexibility index (Phi) is 8.42. The third-order valence-electron chi connectivity index (χ3n) is 3.42. The first-order valence-electron chi connectivity index (χ1n) is 8.22. The molecule has 0 bridgehead atoms. The van der Waals surface area contributed by atoms with Gasteiger partial charge < -0.3 is 19.7 Å². The van der Waals surface area contributed by atoms with Crippen LogP contribution in [0.1, 0.15) is 9.67 Å². The Hall–Kier alpha value is -2.43. The van der Waals surface area contributed by atoms with Gasteiger partial charge in [-0.15, -0.1) is 11.3 Å². The van der Waals surface area contributed by atoms with Crippen LogP contribution in [0, 0.1) is 0 Å². The van der Waals surface area contributed by atoms with Crippen LogP contribution in [0.4, 0.5) is 16.2 Å². The lowest BCUT2D eigenvalue weighted by Crippen LogP contribution is -2.34. The molecule has 0 spiro atoms. The van der Waals surface area contributed by atoms with Gasteiger partial charge in [0.2, 0.25) is 5.91 Å². The number of nitrogens with zero attached hydrogens (tertiary/aromatic N) is 1. The highest BCUT2D eigenvalue weighted by molar-refractivity contribution is 9.11. The first kappa shape index (κ1) is 21.9. The summed E-state index contributed by atoms with van der Waals surface area (Å²) in [6.45, 7) is 0.336. The molecule has 0 saturated carbocycles. The number of rotatable bonds is 8. The normalized spacial score (nSPS) is 10.2. The van der Waals surface area contributed by atoms with Crippen LogP contribution in [0.5, 0.6) is 0 Å². The van der Waals surface area contributed by atoms with E-state index in [-0.39, 0.29) is 25.0 Å². The van der Waals surface area contributed by atoms with Gasteiger partial charge in [-0.2, -0.15) is 0 Å². The van der Waals surface area contributed by atoms with E-state index in [0.29, 0.717) is 22.9 Å². The Morgan fingerprint density at radius 2 is 1.82 bits per heavy atom. The molecule has 0 aliphatic heterocycles. The molecule has 10 heteroatoms. The quantitative estimate of drug-likeness (QED) is 0.577. The Bertz CT molecular complexity index is 842. The summed E-state index contributed by atoms with van der Waals surface area (Å²) in [5.41, 5.74) is 0.951. The van der Waals surface area contributed by atoms with E-state index in [4.69, 9.17) is 9.47 Å². The van der Waals surface area contributed by atoms with Crippen molar-refractivity contribution in [2.24, 2.45) is 0 Å². The predicted molar refractivity (Wildman–Crippen MR) is 111 cm³/mol. The van der Waals surface area contributed by atoms with Crippen molar-refractivity contribution in [3.8, 4) is 0 Å². The molecule has 2 N–H and O–H groups in total. The number of carbonyl (C=O) groups excluding carboxylic acids is 3. The Balaban J connectivity index is 1.87. The maximum absolute atomic E-state index is 12.3. The molecule has 0 aliphatic rings. The summed E-state index contributed by atoms with van der Waals surface area (Å²) in [5, 5.41) is 5.26. The van der Waals surface area contributed by atoms with E-state index >= 15 is 0 Å². The van der Waals surface area contributed by atoms with Gasteiger partial charge in [0.05, 0.1) is 21.8 Å². The molecule has 0 fully saturated rings. The Morgan fingerprint density at radius 1 is 1.11 bits per heavy atom. The van der Waals surface area contributed by atoms with Gasteiger partial charge in [-0.25, -0.2) is 4.79 Å². The van der Waals surface area contributed by atoms with Crippen molar-refractivity contribution in [1.29, 1.82) is 0 Å². The second kappa shape index (κ2) is 10.8. The summed E-state index contributed by atoms with van der Waals surface area (Å²) in [7, 11) is 3.07. The van der Waals surface area contributed by atoms with E-state index in [1.165, 1.54) is 23.3 Å². The van der Waals surface area contributed by atoms with Crippen LogP contribution in [-0.4, -0.2) is 56.7 Å². The number of methoxy groups -OCH3 is 1. The molecule has 0 radical (unpaired) electrons. The van der Waals surface area contributed by atoms with Crippen molar-refractivity contribution in [2.75, 3.05) is 44.5 Å². The molecule has 0 aliphatic carbocycles. The maximum Gasteiger partial charge on any atom is 0.411 e. The summed E-state index contributed by atoms with van der Waals surface area (Å²) >= 11 is 4.61. The number of likely N-dealkylation sites (N-methyl/N-ethyl adjacent to an activating group) is 1. The van der Waals surface area contributed by atoms with Crippen LogP contribution in [0.15, 0.2) is 40.2 Å². The van der Waals surface area contributed by atoms with Crippen molar-refractivity contribution in [1.82, 2.24) is 4.90 Å². The van der Waals surface area contributed by atoms with Gasteiger partial charge in [-0.05, 0) is 46.3 Å². The minimum Gasteiger partial charge on any atom is -0.447 e. The molecule has 1 aromatic heterocycles. The molecule has 2 rings (SSSR count). The highest BCUT2D eigenvalue weighted by atomic mass is 79.9. The number of hydrogen-bond acceptors (Lipinski definition) is 6. The first-order chi connectivity index (χ1) is 13.4. The van der Waals surface area contributed by atoms with Crippen molar-refractivity contribution in [2.45, 2.75) is 0 Å². The highest BCUT2D eigenvalue weighted by Gasteiger charge is 2.17. The van der Waals surface area contributed by atoms with Crippen LogP contribution in [-0.2, 0) is 14.3 Å².